The van der Waals surface area contributed by atoms with Crippen molar-refractivity contribution in [3.05, 3.63) is 53.5 Å². The zero-order chi connectivity index (χ0) is 13.7. The summed E-state index contributed by atoms with van der Waals surface area (Å²) in [4.78, 5) is 0. The molecule has 1 aromatic heterocycles. The standard InChI is InChI=1S/C14H15N3OS/c1-10-5-3-6-11(2)13(10)16-14(19)17-15-9-12-7-4-8-18-12/h3-9H,1-2H3,(H2,16,17,19)/b15-9+. The third-order valence-corrected chi connectivity index (χ3v) is 2.81. The third kappa shape index (κ3) is 3.66. The molecule has 5 heteroatoms. The fraction of sp³-hybridized carbons (Fsp3) is 0.143. The van der Waals surface area contributed by atoms with Gasteiger partial charge in [0.15, 0.2) is 5.11 Å². The fourth-order valence-corrected chi connectivity index (χ4v) is 1.83. The van der Waals surface area contributed by atoms with Crippen LogP contribution in [-0.2, 0) is 0 Å². The largest absolute Gasteiger partial charge is 0.463 e. The van der Waals surface area contributed by atoms with Gasteiger partial charge in [-0.15, -0.1) is 0 Å². The van der Waals surface area contributed by atoms with Crippen LogP contribution in [0.5, 0.6) is 0 Å². The lowest BCUT2D eigenvalue weighted by Crippen LogP contribution is -2.24. The molecule has 2 rings (SSSR count). The Kier molecular flexibility index (Phi) is 4.30. The highest BCUT2D eigenvalue weighted by atomic mass is 32.1. The van der Waals surface area contributed by atoms with Crippen LogP contribution < -0.4 is 10.7 Å². The van der Waals surface area contributed by atoms with Gasteiger partial charge in [-0.05, 0) is 49.3 Å². The molecule has 0 unspecified atom stereocenters. The first-order valence-electron chi connectivity index (χ1n) is 5.86. The van der Waals surface area contributed by atoms with Gasteiger partial charge in [0.1, 0.15) is 5.76 Å². The van der Waals surface area contributed by atoms with Crippen molar-refractivity contribution in [1.82, 2.24) is 5.43 Å². The average Bonchev–Trinajstić information content (AvgIpc) is 2.87. The molecule has 98 valence electrons. The van der Waals surface area contributed by atoms with E-state index in [0.717, 1.165) is 16.8 Å². The van der Waals surface area contributed by atoms with Gasteiger partial charge in [0.05, 0.1) is 12.5 Å². The first kappa shape index (κ1) is 13.3. The molecule has 2 aromatic rings. The Morgan fingerprint density at radius 3 is 2.58 bits per heavy atom. The molecule has 2 N–H and O–H groups in total. The Labute approximate surface area is 117 Å². The topological polar surface area (TPSA) is 49.6 Å². The highest BCUT2D eigenvalue weighted by molar-refractivity contribution is 7.80. The van der Waals surface area contributed by atoms with Crippen LogP contribution >= 0.6 is 12.2 Å². The Morgan fingerprint density at radius 2 is 1.95 bits per heavy atom. The van der Waals surface area contributed by atoms with Gasteiger partial charge in [-0.3, -0.25) is 5.43 Å². The molecule has 19 heavy (non-hydrogen) atoms. The van der Waals surface area contributed by atoms with Crippen LogP contribution in [-0.4, -0.2) is 11.3 Å². The Bertz CT molecular complexity index is 570. The highest BCUT2D eigenvalue weighted by Gasteiger charge is 2.03. The number of furan rings is 1. The van der Waals surface area contributed by atoms with E-state index in [9.17, 15) is 0 Å². The Balaban J connectivity index is 1.95. The summed E-state index contributed by atoms with van der Waals surface area (Å²) < 4.78 is 5.12. The van der Waals surface area contributed by atoms with Crippen LogP contribution in [0.25, 0.3) is 0 Å². The SMILES string of the molecule is Cc1cccc(C)c1NC(=S)N/N=C/c1ccco1. The third-order valence-electron chi connectivity index (χ3n) is 2.62. The Morgan fingerprint density at radius 1 is 1.21 bits per heavy atom. The van der Waals surface area contributed by atoms with Crippen LogP contribution in [0.15, 0.2) is 46.1 Å². The molecule has 0 atom stereocenters. The molecule has 0 aliphatic rings. The number of benzene rings is 1. The van der Waals surface area contributed by atoms with E-state index in [1.807, 2.05) is 38.1 Å². The van der Waals surface area contributed by atoms with Crippen LogP contribution in [0, 0.1) is 13.8 Å². The maximum atomic E-state index is 5.18. The quantitative estimate of drug-likeness (QED) is 0.512. The summed E-state index contributed by atoms with van der Waals surface area (Å²) in [6, 6.07) is 9.69. The first-order valence-corrected chi connectivity index (χ1v) is 6.27. The monoisotopic (exact) mass is 273 g/mol. The minimum Gasteiger partial charge on any atom is -0.463 e. The number of nitrogens with one attached hydrogen (secondary N) is 2. The van der Waals surface area contributed by atoms with Crippen LogP contribution in [0.4, 0.5) is 5.69 Å². The fourth-order valence-electron chi connectivity index (χ4n) is 1.67. The van der Waals surface area contributed by atoms with Gasteiger partial charge in [-0.1, -0.05) is 18.2 Å². The van der Waals surface area contributed by atoms with Crippen LogP contribution in [0.3, 0.4) is 0 Å². The summed E-state index contributed by atoms with van der Waals surface area (Å²) in [5.74, 6) is 0.669. The van der Waals surface area contributed by atoms with Gasteiger partial charge in [-0.2, -0.15) is 5.10 Å². The predicted molar refractivity (Wildman–Crippen MR) is 81.6 cm³/mol. The van der Waals surface area contributed by atoms with E-state index in [2.05, 4.69) is 15.8 Å². The van der Waals surface area contributed by atoms with Gasteiger partial charge >= 0.3 is 0 Å². The molecule has 0 aliphatic carbocycles. The lowest BCUT2D eigenvalue weighted by atomic mass is 10.1. The van der Waals surface area contributed by atoms with Crippen molar-refractivity contribution < 1.29 is 4.42 Å². The molecule has 1 heterocycles. The molecular formula is C14H15N3OS. The summed E-state index contributed by atoms with van der Waals surface area (Å²) in [6.07, 6.45) is 3.16. The van der Waals surface area contributed by atoms with Crippen LogP contribution in [0.2, 0.25) is 0 Å². The summed E-state index contributed by atoms with van der Waals surface area (Å²) in [5.41, 5.74) is 6.04. The van der Waals surface area contributed by atoms with E-state index in [1.165, 1.54) is 0 Å². The van der Waals surface area contributed by atoms with Gasteiger partial charge in [0.25, 0.3) is 0 Å². The number of hydrogen-bond acceptors (Lipinski definition) is 3. The Hall–Kier alpha value is -2.14. The van der Waals surface area contributed by atoms with Crippen molar-refractivity contribution in [2.24, 2.45) is 5.10 Å². The van der Waals surface area contributed by atoms with Crippen molar-refractivity contribution in [2.45, 2.75) is 13.8 Å². The summed E-state index contributed by atoms with van der Waals surface area (Å²) in [5, 5.41) is 7.58. The van der Waals surface area contributed by atoms with E-state index < -0.39 is 0 Å². The second kappa shape index (κ2) is 6.15. The number of hydrogen-bond donors (Lipinski definition) is 2. The van der Waals surface area contributed by atoms with Crippen molar-refractivity contribution in [3.63, 3.8) is 0 Å². The van der Waals surface area contributed by atoms with E-state index in [1.54, 1.807) is 18.5 Å². The molecule has 0 fully saturated rings. The van der Waals surface area contributed by atoms with Gasteiger partial charge in [0.2, 0.25) is 0 Å². The predicted octanol–water partition coefficient (Wildman–Crippen LogP) is 3.22. The van der Waals surface area contributed by atoms with E-state index >= 15 is 0 Å². The van der Waals surface area contributed by atoms with Gasteiger partial charge in [-0.25, -0.2) is 0 Å². The second-order valence-corrected chi connectivity index (χ2v) is 4.51. The van der Waals surface area contributed by atoms with Gasteiger partial charge < -0.3 is 9.73 Å². The maximum absolute atomic E-state index is 5.18. The lowest BCUT2D eigenvalue weighted by Gasteiger charge is -2.12. The number of hydrazone groups is 1. The minimum absolute atomic E-state index is 0.445. The van der Waals surface area contributed by atoms with Crippen molar-refractivity contribution in [3.8, 4) is 0 Å². The molecule has 4 nitrogen and oxygen atoms in total. The molecule has 0 bridgehead atoms. The molecular weight excluding hydrogens is 258 g/mol. The lowest BCUT2D eigenvalue weighted by molar-refractivity contribution is 0.560. The second-order valence-electron chi connectivity index (χ2n) is 4.11. The first-order chi connectivity index (χ1) is 9.16. The smallest absolute Gasteiger partial charge is 0.191 e. The zero-order valence-corrected chi connectivity index (χ0v) is 11.6. The number of rotatable bonds is 3. The number of thiocarbonyl (C=S) groups is 1. The van der Waals surface area contributed by atoms with Crippen molar-refractivity contribution >= 4 is 29.2 Å². The average molecular weight is 273 g/mol. The molecule has 0 saturated carbocycles. The summed E-state index contributed by atoms with van der Waals surface area (Å²) >= 11 is 5.18. The van der Waals surface area contributed by atoms with Crippen molar-refractivity contribution in [2.75, 3.05) is 5.32 Å². The molecule has 0 saturated heterocycles. The summed E-state index contributed by atoms with van der Waals surface area (Å²) in [6.45, 7) is 4.06. The number of anilines is 1. The number of nitrogens with zero attached hydrogens (tertiary/aromatic N) is 1. The molecule has 1 aromatic carbocycles. The van der Waals surface area contributed by atoms with E-state index in [4.69, 9.17) is 16.6 Å². The molecule has 0 amide bonds. The van der Waals surface area contributed by atoms with E-state index in [-0.39, 0.29) is 0 Å². The normalized spacial score (nSPS) is 10.6. The maximum Gasteiger partial charge on any atom is 0.191 e. The van der Waals surface area contributed by atoms with Gasteiger partial charge in [0, 0.05) is 5.69 Å². The molecule has 0 aliphatic heterocycles. The van der Waals surface area contributed by atoms with Crippen molar-refractivity contribution in [1.29, 1.82) is 0 Å². The van der Waals surface area contributed by atoms with E-state index in [0.29, 0.717) is 10.9 Å². The highest BCUT2D eigenvalue weighted by Crippen LogP contribution is 2.18. The number of para-hydroxylation sites is 1. The zero-order valence-electron chi connectivity index (χ0n) is 10.8. The van der Waals surface area contributed by atoms with Crippen LogP contribution in [0.1, 0.15) is 16.9 Å². The minimum atomic E-state index is 0.445. The molecule has 0 radical (unpaired) electrons. The summed E-state index contributed by atoms with van der Waals surface area (Å²) in [7, 11) is 0. The molecule has 0 spiro atoms. The number of aryl methyl sites for hydroxylation is 2.